The Bertz CT molecular complexity index is 740. The smallest absolute Gasteiger partial charge is 0.225 e. The first-order valence-electron chi connectivity index (χ1n) is 8.06. The van der Waals surface area contributed by atoms with Gasteiger partial charge in [-0.2, -0.15) is 0 Å². The normalized spacial score (nSPS) is 10.9. The fraction of sp³-hybridized carbons (Fsp3) is 0.350. The fourth-order valence-electron chi connectivity index (χ4n) is 2.71. The van der Waals surface area contributed by atoms with Crippen LogP contribution in [0.25, 0.3) is 0 Å². The molecule has 25 heavy (non-hydrogen) atoms. The van der Waals surface area contributed by atoms with E-state index in [0.717, 1.165) is 11.1 Å². The Labute approximate surface area is 148 Å². The van der Waals surface area contributed by atoms with Gasteiger partial charge in [0.1, 0.15) is 5.75 Å². The third kappa shape index (κ3) is 4.44. The summed E-state index contributed by atoms with van der Waals surface area (Å²) in [6.07, 6.45) is 0.251. The van der Waals surface area contributed by atoms with E-state index in [1.807, 2.05) is 56.3 Å². The molecule has 0 unspecified atom stereocenters. The number of para-hydroxylation sites is 1. The molecule has 2 rings (SSSR count). The summed E-state index contributed by atoms with van der Waals surface area (Å²) in [6.45, 7) is 3.91. The zero-order valence-electron chi connectivity index (χ0n) is 15.4. The number of ether oxygens (including phenoxy) is 3. The van der Waals surface area contributed by atoms with Crippen molar-refractivity contribution in [2.45, 2.75) is 25.8 Å². The molecule has 2 aromatic rings. The van der Waals surface area contributed by atoms with E-state index in [-0.39, 0.29) is 12.3 Å². The van der Waals surface area contributed by atoms with Gasteiger partial charge in [-0.25, -0.2) is 0 Å². The van der Waals surface area contributed by atoms with Crippen molar-refractivity contribution < 1.29 is 19.0 Å². The van der Waals surface area contributed by atoms with E-state index < -0.39 is 5.54 Å². The molecule has 0 radical (unpaired) electrons. The fourth-order valence-corrected chi connectivity index (χ4v) is 2.71. The maximum atomic E-state index is 12.5. The van der Waals surface area contributed by atoms with Crippen LogP contribution in [0.1, 0.15) is 25.0 Å². The quantitative estimate of drug-likeness (QED) is 0.838. The summed E-state index contributed by atoms with van der Waals surface area (Å²) in [5.74, 6) is 1.92. The summed E-state index contributed by atoms with van der Waals surface area (Å²) < 4.78 is 15.9. The van der Waals surface area contributed by atoms with E-state index in [4.69, 9.17) is 14.2 Å². The molecule has 2 aromatic carbocycles. The lowest BCUT2D eigenvalue weighted by Gasteiger charge is -2.28. The SMILES string of the molecule is COc1ccccc1CC(=O)NC(C)(C)c1ccc(OC)c(OC)c1. The number of hydrogen-bond donors (Lipinski definition) is 1. The minimum absolute atomic E-state index is 0.0794. The van der Waals surface area contributed by atoms with Crippen molar-refractivity contribution in [1.82, 2.24) is 5.32 Å². The van der Waals surface area contributed by atoms with Crippen LogP contribution in [0, 0.1) is 0 Å². The second-order valence-electron chi connectivity index (χ2n) is 6.23. The van der Waals surface area contributed by atoms with Crippen LogP contribution in [0.15, 0.2) is 42.5 Å². The highest BCUT2D eigenvalue weighted by atomic mass is 16.5. The van der Waals surface area contributed by atoms with Crippen LogP contribution < -0.4 is 19.5 Å². The number of amides is 1. The molecule has 5 nitrogen and oxygen atoms in total. The lowest BCUT2D eigenvalue weighted by molar-refractivity contribution is -0.122. The van der Waals surface area contributed by atoms with Gasteiger partial charge in [-0.1, -0.05) is 24.3 Å². The number of nitrogens with one attached hydrogen (secondary N) is 1. The van der Waals surface area contributed by atoms with E-state index in [9.17, 15) is 4.79 Å². The van der Waals surface area contributed by atoms with Gasteiger partial charge < -0.3 is 19.5 Å². The minimum Gasteiger partial charge on any atom is -0.496 e. The Balaban J connectivity index is 2.16. The first-order chi connectivity index (χ1) is 11.9. The Morgan fingerprint density at radius 2 is 1.56 bits per heavy atom. The van der Waals surface area contributed by atoms with E-state index in [2.05, 4.69) is 5.32 Å². The van der Waals surface area contributed by atoms with Gasteiger partial charge in [0.25, 0.3) is 0 Å². The first kappa shape index (κ1) is 18.6. The van der Waals surface area contributed by atoms with Crippen molar-refractivity contribution in [3.63, 3.8) is 0 Å². The molecule has 0 spiro atoms. The number of carbonyl (C=O) groups excluding carboxylic acids is 1. The van der Waals surface area contributed by atoms with Crippen molar-refractivity contribution in [3.8, 4) is 17.2 Å². The van der Waals surface area contributed by atoms with Crippen LogP contribution in [0.2, 0.25) is 0 Å². The third-order valence-corrected chi connectivity index (χ3v) is 4.10. The van der Waals surface area contributed by atoms with Gasteiger partial charge in [0.2, 0.25) is 5.91 Å². The summed E-state index contributed by atoms with van der Waals surface area (Å²) in [7, 11) is 4.79. The Kier molecular flexibility index (Phi) is 5.91. The highest BCUT2D eigenvalue weighted by molar-refractivity contribution is 5.80. The van der Waals surface area contributed by atoms with Gasteiger partial charge in [-0.05, 0) is 37.6 Å². The largest absolute Gasteiger partial charge is 0.496 e. The predicted molar refractivity (Wildman–Crippen MR) is 97.4 cm³/mol. The zero-order chi connectivity index (χ0) is 18.4. The van der Waals surface area contributed by atoms with Gasteiger partial charge in [-0.15, -0.1) is 0 Å². The van der Waals surface area contributed by atoms with Crippen LogP contribution in [0.3, 0.4) is 0 Å². The Morgan fingerprint density at radius 1 is 0.920 bits per heavy atom. The summed E-state index contributed by atoms with van der Waals surface area (Å²) in [6, 6.07) is 13.2. The van der Waals surface area contributed by atoms with Crippen molar-refractivity contribution in [3.05, 3.63) is 53.6 Å². The molecule has 0 aromatic heterocycles. The average molecular weight is 343 g/mol. The van der Waals surface area contributed by atoms with E-state index in [1.165, 1.54) is 0 Å². The number of rotatable bonds is 7. The zero-order valence-corrected chi connectivity index (χ0v) is 15.4. The van der Waals surface area contributed by atoms with E-state index in [1.54, 1.807) is 21.3 Å². The van der Waals surface area contributed by atoms with Crippen LogP contribution in [-0.2, 0) is 16.8 Å². The van der Waals surface area contributed by atoms with Crippen LogP contribution in [-0.4, -0.2) is 27.2 Å². The molecule has 1 N–H and O–H groups in total. The molecule has 0 bridgehead atoms. The third-order valence-electron chi connectivity index (χ3n) is 4.10. The maximum absolute atomic E-state index is 12.5. The average Bonchev–Trinajstić information content (AvgIpc) is 2.60. The molecule has 0 heterocycles. The highest BCUT2D eigenvalue weighted by Gasteiger charge is 2.24. The molecular formula is C20H25NO4. The van der Waals surface area contributed by atoms with Crippen LogP contribution >= 0.6 is 0 Å². The first-order valence-corrected chi connectivity index (χ1v) is 8.06. The lowest BCUT2D eigenvalue weighted by atomic mass is 9.93. The van der Waals surface area contributed by atoms with E-state index in [0.29, 0.717) is 17.2 Å². The molecule has 0 atom stereocenters. The number of carbonyl (C=O) groups is 1. The molecule has 0 fully saturated rings. The Hall–Kier alpha value is -2.69. The highest BCUT2D eigenvalue weighted by Crippen LogP contribution is 2.32. The van der Waals surface area contributed by atoms with Crippen LogP contribution in [0.5, 0.6) is 17.2 Å². The standard InChI is InChI=1S/C20H25NO4/c1-20(2,15-10-11-17(24-4)18(13-15)25-5)21-19(22)12-14-8-6-7-9-16(14)23-3/h6-11,13H,12H2,1-5H3,(H,21,22). The van der Waals surface area contributed by atoms with Gasteiger partial charge in [0.05, 0.1) is 33.3 Å². The Morgan fingerprint density at radius 3 is 2.20 bits per heavy atom. The maximum Gasteiger partial charge on any atom is 0.225 e. The number of methoxy groups -OCH3 is 3. The molecule has 0 aliphatic heterocycles. The number of benzene rings is 2. The van der Waals surface area contributed by atoms with Gasteiger partial charge in [0.15, 0.2) is 11.5 Å². The molecule has 134 valence electrons. The summed E-state index contributed by atoms with van der Waals surface area (Å²) >= 11 is 0. The summed E-state index contributed by atoms with van der Waals surface area (Å²) in [5.41, 5.74) is 1.22. The van der Waals surface area contributed by atoms with Gasteiger partial charge >= 0.3 is 0 Å². The molecule has 1 amide bonds. The van der Waals surface area contributed by atoms with Crippen LogP contribution in [0.4, 0.5) is 0 Å². The second kappa shape index (κ2) is 7.92. The molecule has 0 saturated carbocycles. The molecular weight excluding hydrogens is 318 g/mol. The topological polar surface area (TPSA) is 56.8 Å². The summed E-state index contributed by atoms with van der Waals surface area (Å²) in [4.78, 5) is 12.5. The lowest BCUT2D eigenvalue weighted by Crippen LogP contribution is -2.41. The molecule has 0 saturated heterocycles. The van der Waals surface area contributed by atoms with Crippen molar-refractivity contribution in [1.29, 1.82) is 0 Å². The van der Waals surface area contributed by atoms with Gasteiger partial charge in [-0.3, -0.25) is 4.79 Å². The second-order valence-corrected chi connectivity index (χ2v) is 6.23. The monoisotopic (exact) mass is 343 g/mol. The molecule has 0 aliphatic rings. The minimum atomic E-state index is -0.557. The van der Waals surface area contributed by atoms with Crippen molar-refractivity contribution >= 4 is 5.91 Å². The summed E-state index contributed by atoms with van der Waals surface area (Å²) in [5, 5.41) is 3.07. The molecule has 5 heteroatoms. The van der Waals surface area contributed by atoms with E-state index >= 15 is 0 Å². The number of hydrogen-bond acceptors (Lipinski definition) is 4. The van der Waals surface area contributed by atoms with Crippen molar-refractivity contribution in [2.75, 3.05) is 21.3 Å². The van der Waals surface area contributed by atoms with Crippen molar-refractivity contribution in [2.24, 2.45) is 0 Å². The predicted octanol–water partition coefficient (Wildman–Crippen LogP) is 3.31. The van der Waals surface area contributed by atoms with Gasteiger partial charge in [0, 0.05) is 5.56 Å². The molecule has 0 aliphatic carbocycles.